The first-order valence-electron chi connectivity index (χ1n) is 12.3. The number of aldehydes is 1. The third-order valence-corrected chi connectivity index (χ3v) is 7.89. The summed E-state index contributed by atoms with van der Waals surface area (Å²) in [6, 6.07) is 18.2. The summed E-state index contributed by atoms with van der Waals surface area (Å²) < 4.78 is 29.5. The summed E-state index contributed by atoms with van der Waals surface area (Å²) >= 11 is 5.71. The summed E-state index contributed by atoms with van der Waals surface area (Å²) in [6.07, 6.45) is 7.40. The van der Waals surface area contributed by atoms with Crippen molar-refractivity contribution in [2.75, 3.05) is 17.8 Å². The standard InChI is InChI=1S/C27H25N7O3S2/c35-19-20(18-33-16-6-1-7-17-33)26-27(38)34(24-9-3-2-8-23(24)29-26)32-30-21-11-13-22(14-12-21)39(36,37)31-25-10-4-5-15-28-25/h2-5,8-15,18-19H,1,6-7,16-17H2,(H,28,31)/b20-18-,32-30?. The van der Waals surface area contributed by atoms with E-state index >= 15 is 0 Å². The molecule has 1 N–H and O–H groups in total. The summed E-state index contributed by atoms with van der Waals surface area (Å²) in [4.78, 5) is 22.9. The highest BCUT2D eigenvalue weighted by Gasteiger charge is 2.16. The second kappa shape index (κ2) is 11.6. The highest BCUT2D eigenvalue weighted by atomic mass is 32.2. The van der Waals surface area contributed by atoms with Crippen LogP contribution >= 0.6 is 12.2 Å². The number of hydrogen-bond acceptors (Lipinski definition) is 9. The highest BCUT2D eigenvalue weighted by Crippen LogP contribution is 2.23. The lowest BCUT2D eigenvalue weighted by atomic mass is 10.1. The van der Waals surface area contributed by atoms with E-state index in [0.29, 0.717) is 28.0 Å². The van der Waals surface area contributed by atoms with Gasteiger partial charge in [-0.25, -0.2) is 18.4 Å². The average Bonchev–Trinajstić information content (AvgIpc) is 2.96. The van der Waals surface area contributed by atoms with E-state index in [1.54, 1.807) is 18.2 Å². The lowest BCUT2D eigenvalue weighted by Crippen LogP contribution is -2.25. The normalized spacial score (nSPS) is 14.6. The molecule has 0 spiro atoms. The summed E-state index contributed by atoms with van der Waals surface area (Å²) in [6.45, 7) is 1.75. The van der Waals surface area contributed by atoms with Crippen molar-refractivity contribution < 1.29 is 13.2 Å². The number of anilines is 1. The summed E-state index contributed by atoms with van der Waals surface area (Å²) in [5.41, 5.74) is 2.37. The lowest BCUT2D eigenvalue weighted by Gasteiger charge is -2.25. The molecule has 12 heteroatoms. The average molecular weight is 560 g/mol. The van der Waals surface area contributed by atoms with Crippen molar-refractivity contribution in [3.05, 3.63) is 89.5 Å². The van der Waals surface area contributed by atoms with Crippen LogP contribution in [0.15, 0.2) is 94.4 Å². The number of carbonyl (C=O) groups excluding carboxylic acids is 1. The molecule has 0 unspecified atom stereocenters. The molecule has 1 saturated heterocycles. The van der Waals surface area contributed by atoms with E-state index in [-0.39, 0.29) is 15.4 Å². The van der Waals surface area contributed by atoms with Gasteiger partial charge in [-0.2, -0.15) is 4.68 Å². The largest absolute Gasteiger partial charge is 0.377 e. The van der Waals surface area contributed by atoms with Gasteiger partial charge in [0.1, 0.15) is 11.5 Å². The van der Waals surface area contributed by atoms with E-state index in [9.17, 15) is 13.2 Å². The second-order valence-corrected chi connectivity index (χ2v) is 10.9. The maximum atomic E-state index is 12.7. The summed E-state index contributed by atoms with van der Waals surface area (Å²) in [7, 11) is -3.82. The minimum atomic E-state index is -3.82. The van der Waals surface area contributed by atoms with Crippen LogP contribution in [0.25, 0.3) is 16.6 Å². The fourth-order valence-corrected chi connectivity index (χ4v) is 5.50. The van der Waals surface area contributed by atoms with E-state index in [4.69, 9.17) is 12.2 Å². The number of sulfonamides is 1. The Kier molecular flexibility index (Phi) is 7.84. The van der Waals surface area contributed by atoms with Crippen LogP contribution in [-0.4, -0.2) is 47.3 Å². The van der Waals surface area contributed by atoms with Crippen LogP contribution in [0.1, 0.15) is 25.0 Å². The number of piperidine rings is 1. The Bertz CT molecular complexity index is 1710. The SMILES string of the molecule is O=C/C(=C/N1CCCCC1)c1nc2ccccc2n(N=Nc2ccc(S(=O)(=O)Nc3ccccn3)cc2)c1=S. The molecule has 3 heterocycles. The number of aromatic nitrogens is 3. The molecule has 198 valence electrons. The number of likely N-dealkylation sites (tertiary alicyclic amines) is 1. The van der Waals surface area contributed by atoms with E-state index in [1.165, 1.54) is 41.6 Å². The van der Waals surface area contributed by atoms with Crippen molar-refractivity contribution in [2.45, 2.75) is 24.2 Å². The number of nitrogens with zero attached hydrogens (tertiary/aromatic N) is 6. The van der Waals surface area contributed by atoms with Crippen molar-refractivity contribution >= 4 is 56.6 Å². The molecule has 2 aromatic carbocycles. The Morgan fingerprint density at radius 2 is 1.72 bits per heavy atom. The third kappa shape index (κ3) is 6.07. The van der Waals surface area contributed by atoms with E-state index in [2.05, 4.69) is 29.9 Å². The number of benzene rings is 2. The van der Waals surface area contributed by atoms with Crippen molar-refractivity contribution in [2.24, 2.45) is 10.3 Å². The molecule has 0 atom stereocenters. The Morgan fingerprint density at radius 1 is 0.974 bits per heavy atom. The lowest BCUT2D eigenvalue weighted by molar-refractivity contribution is -0.103. The minimum absolute atomic E-state index is 0.0545. The number of para-hydroxylation sites is 2. The minimum Gasteiger partial charge on any atom is -0.377 e. The molecule has 0 saturated carbocycles. The Hall–Kier alpha value is -4.29. The Balaban J connectivity index is 1.47. The summed E-state index contributed by atoms with van der Waals surface area (Å²) in [5.74, 6) is 0.222. The molecule has 2 aromatic heterocycles. The Morgan fingerprint density at radius 3 is 2.44 bits per heavy atom. The van der Waals surface area contributed by atoms with Crippen molar-refractivity contribution in [1.82, 2.24) is 19.5 Å². The first-order chi connectivity index (χ1) is 18.9. The van der Waals surface area contributed by atoms with Gasteiger partial charge in [0.25, 0.3) is 10.0 Å². The maximum absolute atomic E-state index is 12.7. The first kappa shape index (κ1) is 26.3. The van der Waals surface area contributed by atoms with Crippen molar-refractivity contribution in [3.8, 4) is 0 Å². The van der Waals surface area contributed by atoms with Gasteiger partial charge in [-0.3, -0.25) is 9.52 Å². The van der Waals surface area contributed by atoms with E-state index < -0.39 is 10.0 Å². The number of allylic oxidation sites excluding steroid dienone is 1. The number of hydrogen-bond donors (Lipinski definition) is 1. The van der Waals surface area contributed by atoms with Crippen LogP contribution in [0, 0.1) is 4.64 Å². The fraction of sp³-hybridized carbons (Fsp3) is 0.185. The predicted octanol–water partition coefficient (Wildman–Crippen LogP) is 5.53. The molecule has 5 rings (SSSR count). The third-order valence-electron chi connectivity index (χ3n) is 6.15. The highest BCUT2D eigenvalue weighted by molar-refractivity contribution is 7.92. The van der Waals surface area contributed by atoms with E-state index in [0.717, 1.165) is 32.2 Å². The topological polar surface area (TPSA) is 122 Å². The van der Waals surface area contributed by atoms with Gasteiger partial charge in [-0.15, -0.1) is 5.11 Å². The van der Waals surface area contributed by atoms with Crippen LogP contribution in [0.4, 0.5) is 11.5 Å². The molecule has 0 aliphatic carbocycles. The van der Waals surface area contributed by atoms with Gasteiger partial charge in [-0.05, 0) is 67.8 Å². The molecule has 10 nitrogen and oxygen atoms in total. The molecule has 1 aliphatic heterocycles. The monoisotopic (exact) mass is 559 g/mol. The quantitative estimate of drug-likeness (QED) is 0.130. The fourth-order valence-electron chi connectivity index (χ4n) is 4.19. The second-order valence-electron chi connectivity index (χ2n) is 8.87. The predicted molar refractivity (Wildman–Crippen MR) is 151 cm³/mol. The van der Waals surface area contributed by atoms with Crippen LogP contribution in [-0.2, 0) is 14.8 Å². The maximum Gasteiger partial charge on any atom is 0.263 e. The van der Waals surface area contributed by atoms with Crippen molar-refractivity contribution in [1.29, 1.82) is 0 Å². The molecule has 0 radical (unpaired) electrons. The molecular weight excluding hydrogens is 534 g/mol. The number of carbonyl (C=O) groups is 1. The zero-order chi connectivity index (χ0) is 27.2. The number of rotatable bonds is 8. The number of nitrogens with one attached hydrogen (secondary N) is 1. The molecule has 1 fully saturated rings. The van der Waals surface area contributed by atoms with Gasteiger partial charge < -0.3 is 4.90 Å². The van der Waals surface area contributed by atoms with Crippen LogP contribution in [0.3, 0.4) is 0 Å². The summed E-state index contributed by atoms with van der Waals surface area (Å²) in [5, 5.41) is 8.64. The van der Waals surface area contributed by atoms with E-state index in [1.807, 2.05) is 30.5 Å². The van der Waals surface area contributed by atoms with Gasteiger partial charge >= 0.3 is 0 Å². The van der Waals surface area contributed by atoms with Gasteiger partial charge in [-0.1, -0.05) is 35.6 Å². The van der Waals surface area contributed by atoms with Gasteiger partial charge in [0, 0.05) is 25.5 Å². The van der Waals surface area contributed by atoms with Crippen LogP contribution < -0.4 is 4.72 Å². The number of fused-ring (bicyclic) bond motifs is 1. The zero-order valence-electron chi connectivity index (χ0n) is 20.8. The molecule has 4 aromatic rings. The molecule has 1 aliphatic rings. The smallest absolute Gasteiger partial charge is 0.263 e. The van der Waals surface area contributed by atoms with Crippen LogP contribution in [0.5, 0.6) is 0 Å². The molecule has 39 heavy (non-hydrogen) atoms. The zero-order valence-corrected chi connectivity index (χ0v) is 22.5. The Labute approximate surface area is 230 Å². The first-order valence-corrected chi connectivity index (χ1v) is 14.2. The van der Waals surface area contributed by atoms with Crippen LogP contribution in [0.2, 0.25) is 0 Å². The van der Waals surface area contributed by atoms with Gasteiger partial charge in [0.15, 0.2) is 10.9 Å². The van der Waals surface area contributed by atoms with Gasteiger partial charge in [0.05, 0.1) is 27.2 Å². The van der Waals surface area contributed by atoms with Crippen molar-refractivity contribution in [3.63, 3.8) is 0 Å². The molecular formula is C27H25N7O3S2. The number of pyridine rings is 1. The molecule has 0 amide bonds. The molecule has 0 bridgehead atoms. The van der Waals surface area contributed by atoms with Gasteiger partial charge in [0.2, 0.25) is 0 Å².